The van der Waals surface area contributed by atoms with Crippen LogP contribution in [0.3, 0.4) is 0 Å². The Morgan fingerprint density at radius 2 is 2.25 bits per heavy atom. The van der Waals surface area contributed by atoms with Gasteiger partial charge in [0.25, 0.3) is 0 Å². The third kappa shape index (κ3) is 2.90. The predicted molar refractivity (Wildman–Crippen MR) is 65.6 cm³/mol. The van der Waals surface area contributed by atoms with Gasteiger partial charge in [-0.05, 0) is 18.6 Å². The molecule has 0 radical (unpaired) electrons. The fraction of sp³-hybridized carbons (Fsp3) is 0.250. The molecule has 6 nitrogen and oxygen atoms in total. The van der Waals surface area contributed by atoms with Gasteiger partial charge in [-0.3, -0.25) is 14.7 Å². The number of benzene rings is 1. The Balaban J connectivity index is 2.19. The molecule has 8 heteroatoms. The van der Waals surface area contributed by atoms with Crippen LogP contribution >= 0.6 is 0 Å². The lowest BCUT2D eigenvalue weighted by molar-refractivity contribution is -0.386. The molecule has 0 aliphatic heterocycles. The molecule has 0 spiro atoms. The van der Waals surface area contributed by atoms with Crippen LogP contribution in [0.4, 0.5) is 14.5 Å². The highest BCUT2D eigenvalue weighted by Gasteiger charge is 2.17. The molecule has 106 valence electrons. The first-order chi connectivity index (χ1) is 9.49. The molecule has 0 fully saturated rings. The van der Waals surface area contributed by atoms with Crippen molar-refractivity contribution in [2.24, 2.45) is 0 Å². The van der Waals surface area contributed by atoms with Crippen LogP contribution in [-0.4, -0.2) is 14.5 Å². The van der Waals surface area contributed by atoms with E-state index >= 15 is 0 Å². The van der Waals surface area contributed by atoms with E-state index in [0.717, 1.165) is 6.20 Å². The van der Waals surface area contributed by atoms with Gasteiger partial charge in [-0.15, -0.1) is 0 Å². The van der Waals surface area contributed by atoms with E-state index in [9.17, 15) is 18.9 Å². The van der Waals surface area contributed by atoms with Gasteiger partial charge in [-0.2, -0.15) is 8.78 Å². The van der Waals surface area contributed by atoms with Crippen molar-refractivity contribution in [2.75, 3.05) is 0 Å². The average Bonchev–Trinajstić information content (AvgIpc) is 2.85. The summed E-state index contributed by atoms with van der Waals surface area (Å²) in [6.07, 6.45) is 2.33. The second kappa shape index (κ2) is 5.64. The van der Waals surface area contributed by atoms with Crippen LogP contribution in [0, 0.1) is 17.0 Å². The highest BCUT2D eigenvalue weighted by Crippen LogP contribution is 2.28. The first-order valence-corrected chi connectivity index (χ1v) is 5.66. The Kier molecular flexibility index (Phi) is 3.92. The van der Waals surface area contributed by atoms with Gasteiger partial charge in [0, 0.05) is 18.5 Å². The second-order valence-electron chi connectivity index (χ2n) is 4.05. The van der Waals surface area contributed by atoms with E-state index in [4.69, 9.17) is 4.74 Å². The lowest BCUT2D eigenvalue weighted by Crippen LogP contribution is -2.08. The zero-order chi connectivity index (χ0) is 14.7. The maximum atomic E-state index is 12.6. The van der Waals surface area contributed by atoms with Crippen molar-refractivity contribution in [2.45, 2.75) is 20.1 Å². The van der Waals surface area contributed by atoms with Crippen LogP contribution in [0.15, 0.2) is 30.6 Å². The number of hydrogen-bond donors (Lipinski definition) is 0. The fourth-order valence-corrected chi connectivity index (χ4v) is 1.67. The Morgan fingerprint density at radius 1 is 1.50 bits per heavy atom. The molecule has 2 aromatic rings. The number of aryl methyl sites for hydroxylation is 1. The summed E-state index contributed by atoms with van der Waals surface area (Å²) in [5.41, 5.74) is 0.498. The van der Waals surface area contributed by atoms with E-state index in [1.807, 2.05) is 0 Å². The summed E-state index contributed by atoms with van der Waals surface area (Å²) < 4.78 is 31.1. The minimum atomic E-state index is -2.73. The third-order valence-corrected chi connectivity index (χ3v) is 2.63. The number of rotatable bonds is 5. The average molecular weight is 283 g/mol. The van der Waals surface area contributed by atoms with Gasteiger partial charge in [0.15, 0.2) is 11.6 Å². The van der Waals surface area contributed by atoms with Crippen LogP contribution in [-0.2, 0) is 6.61 Å². The normalized spacial score (nSPS) is 10.8. The molecular weight excluding hydrogens is 272 g/mol. The van der Waals surface area contributed by atoms with Crippen molar-refractivity contribution in [3.63, 3.8) is 0 Å². The molecule has 0 atom stereocenters. The number of hydrogen-bond acceptors (Lipinski definition) is 4. The summed E-state index contributed by atoms with van der Waals surface area (Å²) in [7, 11) is 0. The van der Waals surface area contributed by atoms with E-state index in [1.54, 1.807) is 13.0 Å². The van der Waals surface area contributed by atoms with E-state index in [-0.39, 0.29) is 23.9 Å². The fourth-order valence-electron chi connectivity index (χ4n) is 1.67. The van der Waals surface area contributed by atoms with Crippen molar-refractivity contribution in [3.05, 3.63) is 52.1 Å². The lowest BCUT2D eigenvalue weighted by atomic mass is 10.2. The summed E-state index contributed by atoms with van der Waals surface area (Å²) in [4.78, 5) is 14.0. The van der Waals surface area contributed by atoms with E-state index in [0.29, 0.717) is 10.1 Å². The molecule has 2 rings (SSSR count). The highest BCUT2D eigenvalue weighted by atomic mass is 19.3. The van der Waals surface area contributed by atoms with Gasteiger partial charge in [0.1, 0.15) is 6.61 Å². The topological polar surface area (TPSA) is 70.2 Å². The number of nitro groups is 1. The molecule has 0 saturated heterocycles. The van der Waals surface area contributed by atoms with Gasteiger partial charge >= 0.3 is 12.2 Å². The summed E-state index contributed by atoms with van der Waals surface area (Å²) in [6, 6.07) is 4.43. The molecular formula is C12H11F2N3O3. The monoisotopic (exact) mass is 283 g/mol. The van der Waals surface area contributed by atoms with Gasteiger partial charge < -0.3 is 4.74 Å². The summed E-state index contributed by atoms with van der Waals surface area (Å²) in [5, 5.41) is 10.9. The molecule has 1 aromatic carbocycles. The Morgan fingerprint density at radius 3 is 2.90 bits per heavy atom. The van der Waals surface area contributed by atoms with Crippen LogP contribution in [0.1, 0.15) is 17.9 Å². The predicted octanol–water partition coefficient (Wildman–Crippen LogP) is 3.07. The molecule has 0 aliphatic carbocycles. The highest BCUT2D eigenvalue weighted by molar-refractivity contribution is 5.48. The Bertz CT molecular complexity index is 628. The summed E-state index contributed by atoms with van der Waals surface area (Å²) in [6.45, 7) is -1.30. The Labute approximate surface area is 112 Å². The van der Waals surface area contributed by atoms with Crippen molar-refractivity contribution in [1.82, 2.24) is 9.55 Å². The molecule has 1 heterocycles. The maximum absolute atomic E-state index is 12.6. The van der Waals surface area contributed by atoms with Gasteiger partial charge in [0.2, 0.25) is 0 Å². The van der Waals surface area contributed by atoms with Crippen molar-refractivity contribution in [3.8, 4) is 5.75 Å². The molecule has 20 heavy (non-hydrogen) atoms. The zero-order valence-electron chi connectivity index (χ0n) is 10.5. The van der Waals surface area contributed by atoms with Gasteiger partial charge in [-0.1, -0.05) is 6.07 Å². The lowest BCUT2D eigenvalue weighted by Gasteiger charge is -2.09. The summed E-state index contributed by atoms with van der Waals surface area (Å²) >= 11 is 0. The number of nitro benzene ring substituents is 1. The molecule has 0 aliphatic rings. The van der Waals surface area contributed by atoms with E-state index in [1.165, 1.54) is 18.3 Å². The number of aromatic nitrogens is 2. The molecule has 0 saturated carbocycles. The van der Waals surface area contributed by atoms with Crippen molar-refractivity contribution < 1.29 is 18.4 Å². The number of alkyl halides is 2. The van der Waals surface area contributed by atoms with Gasteiger partial charge in [-0.25, -0.2) is 4.98 Å². The molecule has 0 bridgehead atoms. The Hall–Kier alpha value is -2.51. The largest absolute Gasteiger partial charge is 0.479 e. The second-order valence-corrected chi connectivity index (χ2v) is 4.05. The van der Waals surface area contributed by atoms with Crippen LogP contribution in [0.5, 0.6) is 5.75 Å². The molecule has 0 unspecified atom stereocenters. The van der Waals surface area contributed by atoms with Crippen molar-refractivity contribution in [1.29, 1.82) is 0 Å². The van der Waals surface area contributed by atoms with Crippen LogP contribution < -0.4 is 4.74 Å². The summed E-state index contributed by atoms with van der Waals surface area (Å²) in [5.74, 6) is 0.0132. The molecule has 0 amide bonds. The first-order valence-electron chi connectivity index (χ1n) is 5.66. The smallest absolute Gasteiger partial charge is 0.320 e. The zero-order valence-corrected chi connectivity index (χ0v) is 10.5. The quantitative estimate of drug-likeness (QED) is 0.624. The molecule has 1 aromatic heterocycles. The van der Waals surface area contributed by atoms with Gasteiger partial charge in [0.05, 0.1) is 4.92 Å². The minimum Gasteiger partial charge on any atom is -0.479 e. The standard InChI is InChI=1S/C12H11F2N3O3/c1-8-2-3-10(9(6-8)17(18)19)20-7-11-15-4-5-16(11)12(13)14/h2-6,12H,7H2,1H3. The minimum absolute atomic E-state index is 0.00475. The van der Waals surface area contributed by atoms with Crippen molar-refractivity contribution >= 4 is 5.69 Å². The SMILES string of the molecule is Cc1ccc(OCc2nccn2C(F)F)c([N+](=O)[O-])c1. The number of ether oxygens (including phenoxy) is 1. The van der Waals surface area contributed by atoms with E-state index < -0.39 is 11.5 Å². The van der Waals surface area contributed by atoms with Crippen LogP contribution in [0.2, 0.25) is 0 Å². The van der Waals surface area contributed by atoms with Crippen LogP contribution in [0.25, 0.3) is 0 Å². The maximum Gasteiger partial charge on any atom is 0.320 e. The number of halogens is 2. The third-order valence-electron chi connectivity index (χ3n) is 2.63. The number of imidazole rings is 1. The molecule has 0 N–H and O–H groups in total. The van der Waals surface area contributed by atoms with E-state index in [2.05, 4.69) is 4.98 Å². The first kappa shape index (κ1) is 13.9. The number of nitrogens with zero attached hydrogens (tertiary/aromatic N) is 3.